The lowest BCUT2D eigenvalue weighted by atomic mass is 9.82. The molecule has 2 N–H and O–H groups in total. The molecular formula is C15H21N3O2. The fraction of sp³-hybridized carbons (Fsp3) is 0.667. The summed E-state index contributed by atoms with van der Waals surface area (Å²) in [4.78, 5) is 23.5. The third-order valence-electron chi connectivity index (χ3n) is 4.48. The molecule has 1 saturated carbocycles. The number of rotatable bonds is 3. The van der Waals surface area contributed by atoms with Crippen LogP contribution in [0.2, 0.25) is 0 Å². The molecule has 3 rings (SSSR count). The lowest BCUT2D eigenvalue weighted by molar-refractivity contribution is -0.118. The van der Waals surface area contributed by atoms with Crippen LogP contribution in [-0.4, -0.2) is 21.5 Å². The van der Waals surface area contributed by atoms with Crippen LogP contribution in [-0.2, 0) is 17.8 Å². The van der Waals surface area contributed by atoms with E-state index in [0.29, 0.717) is 12.3 Å². The lowest BCUT2D eigenvalue weighted by Gasteiger charge is -2.21. The highest BCUT2D eigenvalue weighted by atomic mass is 16.1. The number of Topliss-reactive ketones (excluding diaryl/α,β-unsaturated/α-hetero) is 1. The van der Waals surface area contributed by atoms with Crippen molar-refractivity contribution in [1.29, 1.82) is 0 Å². The zero-order chi connectivity index (χ0) is 14.1. The van der Waals surface area contributed by atoms with Gasteiger partial charge in [-0.05, 0) is 25.7 Å². The van der Waals surface area contributed by atoms with Gasteiger partial charge in [-0.1, -0.05) is 19.3 Å². The Labute approximate surface area is 118 Å². The Morgan fingerprint density at radius 1 is 1.20 bits per heavy atom. The van der Waals surface area contributed by atoms with E-state index in [0.717, 1.165) is 42.6 Å². The molecule has 0 bridgehead atoms. The Hall–Kier alpha value is -1.65. The van der Waals surface area contributed by atoms with Gasteiger partial charge < -0.3 is 5.73 Å². The van der Waals surface area contributed by atoms with E-state index >= 15 is 0 Å². The van der Waals surface area contributed by atoms with Crippen LogP contribution in [0.25, 0.3) is 0 Å². The molecule has 1 heterocycles. The van der Waals surface area contributed by atoms with E-state index in [1.54, 1.807) is 4.68 Å². The molecule has 0 saturated heterocycles. The van der Waals surface area contributed by atoms with Crippen molar-refractivity contribution in [3.8, 4) is 0 Å². The van der Waals surface area contributed by atoms with Crippen molar-refractivity contribution in [1.82, 2.24) is 9.78 Å². The average Bonchev–Trinajstić information content (AvgIpc) is 2.79. The topological polar surface area (TPSA) is 78.0 Å². The second-order valence-electron chi connectivity index (χ2n) is 5.94. The fourth-order valence-corrected chi connectivity index (χ4v) is 3.56. The van der Waals surface area contributed by atoms with Crippen molar-refractivity contribution >= 4 is 11.7 Å². The Kier molecular flexibility index (Phi) is 3.59. The third-order valence-corrected chi connectivity index (χ3v) is 4.48. The van der Waals surface area contributed by atoms with E-state index in [2.05, 4.69) is 5.10 Å². The highest BCUT2D eigenvalue weighted by molar-refractivity contribution is 5.99. The zero-order valence-electron chi connectivity index (χ0n) is 11.7. The van der Waals surface area contributed by atoms with Crippen LogP contribution in [0.1, 0.15) is 72.6 Å². The highest BCUT2D eigenvalue weighted by Crippen LogP contribution is 2.37. The summed E-state index contributed by atoms with van der Waals surface area (Å²) in [6, 6.07) is 0. The summed E-state index contributed by atoms with van der Waals surface area (Å²) in [6.07, 6.45) is 8.17. The largest absolute Gasteiger partial charge is 0.368 e. The minimum absolute atomic E-state index is 0.0856. The van der Waals surface area contributed by atoms with E-state index in [9.17, 15) is 9.59 Å². The first kappa shape index (κ1) is 13.3. The molecule has 20 heavy (non-hydrogen) atoms. The van der Waals surface area contributed by atoms with E-state index < -0.39 is 5.91 Å². The number of amides is 1. The maximum Gasteiger partial charge on any atom is 0.239 e. The molecule has 2 aliphatic rings. The first-order valence-corrected chi connectivity index (χ1v) is 7.58. The Morgan fingerprint density at radius 3 is 2.65 bits per heavy atom. The van der Waals surface area contributed by atoms with Gasteiger partial charge in [-0.15, -0.1) is 0 Å². The maximum atomic E-state index is 12.3. The van der Waals surface area contributed by atoms with E-state index in [4.69, 9.17) is 5.73 Å². The number of carbonyl (C=O) groups excluding carboxylic acids is 2. The molecule has 0 aromatic carbocycles. The van der Waals surface area contributed by atoms with Crippen molar-refractivity contribution < 1.29 is 9.59 Å². The smallest absolute Gasteiger partial charge is 0.239 e. The molecule has 1 amide bonds. The number of carbonyl (C=O) groups is 2. The summed E-state index contributed by atoms with van der Waals surface area (Å²) in [5.41, 5.74) is 7.97. The van der Waals surface area contributed by atoms with E-state index in [-0.39, 0.29) is 12.3 Å². The quantitative estimate of drug-likeness (QED) is 0.915. The van der Waals surface area contributed by atoms with Crippen LogP contribution in [0.4, 0.5) is 0 Å². The van der Waals surface area contributed by atoms with Gasteiger partial charge in [0.15, 0.2) is 5.78 Å². The van der Waals surface area contributed by atoms with Crippen LogP contribution in [0.15, 0.2) is 0 Å². The molecule has 0 atom stereocenters. The van der Waals surface area contributed by atoms with E-state index in [1.807, 2.05) is 0 Å². The number of fused-ring (bicyclic) bond motifs is 1. The van der Waals surface area contributed by atoms with Crippen molar-refractivity contribution in [2.45, 2.75) is 63.8 Å². The molecule has 1 aromatic heterocycles. The minimum atomic E-state index is -0.400. The zero-order valence-corrected chi connectivity index (χ0v) is 11.7. The molecule has 2 aliphatic carbocycles. The molecule has 0 radical (unpaired) electrons. The predicted molar refractivity (Wildman–Crippen MR) is 74.5 cm³/mol. The normalized spacial score (nSPS) is 19.9. The monoisotopic (exact) mass is 275 g/mol. The molecular weight excluding hydrogens is 254 g/mol. The Balaban J connectivity index is 2.01. The summed E-state index contributed by atoms with van der Waals surface area (Å²) >= 11 is 0. The van der Waals surface area contributed by atoms with Gasteiger partial charge in [-0.3, -0.25) is 14.3 Å². The lowest BCUT2D eigenvalue weighted by Crippen LogP contribution is -2.22. The first-order chi connectivity index (χ1) is 9.66. The van der Waals surface area contributed by atoms with Gasteiger partial charge in [-0.25, -0.2) is 0 Å². The number of nitrogens with zero attached hydrogens (tertiary/aromatic N) is 2. The number of aromatic nitrogens is 2. The SMILES string of the molecule is NC(=O)Cn1nc(C2CCCCC2)c2c1CCCC2=O. The van der Waals surface area contributed by atoms with Gasteiger partial charge in [0.1, 0.15) is 6.54 Å². The fourth-order valence-electron chi connectivity index (χ4n) is 3.56. The van der Waals surface area contributed by atoms with Gasteiger partial charge in [0.2, 0.25) is 5.91 Å². The van der Waals surface area contributed by atoms with Gasteiger partial charge >= 0.3 is 0 Å². The molecule has 0 aliphatic heterocycles. The second-order valence-corrected chi connectivity index (χ2v) is 5.94. The molecule has 108 valence electrons. The van der Waals surface area contributed by atoms with E-state index in [1.165, 1.54) is 19.3 Å². The molecule has 1 aromatic rings. The van der Waals surface area contributed by atoms with Crippen molar-refractivity contribution in [3.63, 3.8) is 0 Å². The van der Waals surface area contributed by atoms with Gasteiger partial charge in [0.05, 0.1) is 17.0 Å². The van der Waals surface area contributed by atoms with Gasteiger partial charge in [0.25, 0.3) is 0 Å². The number of hydrogen-bond acceptors (Lipinski definition) is 3. The van der Waals surface area contributed by atoms with Gasteiger partial charge in [0, 0.05) is 12.3 Å². The first-order valence-electron chi connectivity index (χ1n) is 7.58. The van der Waals surface area contributed by atoms with Crippen molar-refractivity contribution in [2.75, 3.05) is 0 Å². The minimum Gasteiger partial charge on any atom is -0.368 e. The van der Waals surface area contributed by atoms with Crippen molar-refractivity contribution in [3.05, 3.63) is 17.0 Å². The number of nitrogens with two attached hydrogens (primary N) is 1. The summed E-state index contributed by atoms with van der Waals surface area (Å²) in [6.45, 7) is 0.0856. The number of hydrogen-bond donors (Lipinski definition) is 1. The van der Waals surface area contributed by atoms with Gasteiger partial charge in [-0.2, -0.15) is 5.10 Å². The number of ketones is 1. The van der Waals surface area contributed by atoms with Crippen LogP contribution in [0.5, 0.6) is 0 Å². The van der Waals surface area contributed by atoms with Crippen LogP contribution < -0.4 is 5.73 Å². The Morgan fingerprint density at radius 2 is 1.95 bits per heavy atom. The maximum absolute atomic E-state index is 12.3. The highest BCUT2D eigenvalue weighted by Gasteiger charge is 2.31. The second kappa shape index (κ2) is 5.38. The number of primary amides is 1. The summed E-state index contributed by atoms with van der Waals surface area (Å²) in [5, 5.41) is 4.60. The molecule has 0 spiro atoms. The van der Waals surface area contributed by atoms with Crippen LogP contribution in [0, 0.1) is 0 Å². The standard InChI is InChI=1S/C15H21N3O2/c16-13(20)9-18-11-7-4-8-12(19)14(11)15(17-18)10-5-2-1-3-6-10/h10H,1-9H2,(H2,16,20). The molecule has 5 nitrogen and oxygen atoms in total. The summed E-state index contributed by atoms with van der Waals surface area (Å²) in [5.74, 6) is 0.180. The molecule has 0 unspecified atom stereocenters. The molecule has 5 heteroatoms. The van der Waals surface area contributed by atoms with Crippen LogP contribution >= 0.6 is 0 Å². The third kappa shape index (κ3) is 2.37. The van der Waals surface area contributed by atoms with Crippen LogP contribution in [0.3, 0.4) is 0 Å². The predicted octanol–water partition coefficient (Wildman–Crippen LogP) is 1.94. The summed E-state index contributed by atoms with van der Waals surface area (Å²) in [7, 11) is 0. The average molecular weight is 275 g/mol. The molecule has 1 fully saturated rings. The Bertz CT molecular complexity index is 542. The summed E-state index contributed by atoms with van der Waals surface area (Å²) < 4.78 is 1.68. The van der Waals surface area contributed by atoms with Crippen molar-refractivity contribution in [2.24, 2.45) is 5.73 Å².